The number of hydrogen-bond acceptors (Lipinski definition) is 6. The first-order valence-electron chi connectivity index (χ1n) is 5.97. The number of benzene rings is 1. The van der Waals surface area contributed by atoms with Crippen molar-refractivity contribution in [2.75, 3.05) is 22.0 Å². The Morgan fingerprint density at radius 3 is 2.81 bits per heavy atom. The number of para-hydroxylation sites is 1. The molecular formula is C13H13N3O2S3. The molecule has 0 radical (unpaired) electrons. The number of anilines is 2. The molecule has 5 nitrogen and oxygen atoms in total. The van der Waals surface area contributed by atoms with Crippen LogP contribution in [0.4, 0.5) is 10.7 Å². The Morgan fingerprint density at radius 1 is 1.33 bits per heavy atom. The van der Waals surface area contributed by atoms with Crippen molar-refractivity contribution >= 4 is 43.8 Å². The minimum atomic E-state index is -3.47. The van der Waals surface area contributed by atoms with Gasteiger partial charge in [0.2, 0.25) is 10.0 Å². The summed E-state index contributed by atoms with van der Waals surface area (Å²) < 4.78 is 26.4. The first-order valence-corrected chi connectivity index (χ1v) is 9.49. The summed E-state index contributed by atoms with van der Waals surface area (Å²) in [5.41, 5.74) is 6.77. The number of nitrogens with one attached hydrogen (secondary N) is 1. The molecule has 0 bridgehead atoms. The number of thiophene rings is 1. The van der Waals surface area contributed by atoms with E-state index in [2.05, 4.69) is 4.72 Å². The molecule has 0 unspecified atom stereocenters. The fraction of sp³-hybridized carbons (Fsp3) is 0.154. The maximum absolute atomic E-state index is 12.0. The molecule has 0 aliphatic heterocycles. The van der Waals surface area contributed by atoms with E-state index >= 15 is 0 Å². The van der Waals surface area contributed by atoms with Gasteiger partial charge in [-0.1, -0.05) is 12.1 Å². The Bertz CT molecular complexity index is 763. The lowest BCUT2D eigenvalue weighted by Gasteiger charge is -2.07. The van der Waals surface area contributed by atoms with Crippen molar-refractivity contribution in [1.82, 2.24) is 0 Å². The highest BCUT2D eigenvalue weighted by Gasteiger charge is 2.14. The molecular weight excluding hydrogens is 326 g/mol. The third-order valence-electron chi connectivity index (χ3n) is 2.56. The molecule has 110 valence electrons. The maximum Gasteiger partial charge on any atom is 0.234 e. The smallest absolute Gasteiger partial charge is 0.234 e. The van der Waals surface area contributed by atoms with E-state index in [0.29, 0.717) is 22.0 Å². The molecule has 0 saturated carbocycles. The third kappa shape index (κ3) is 4.39. The Balaban J connectivity index is 1.93. The van der Waals surface area contributed by atoms with Crippen LogP contribution in [0.15, 0.2) is 40.6 Å². The zero-order valence-corrected chi connectivity index (χ0v) is 13.4. The summed E-state index contributed by atoms with van der Waals surface area (Å²) in [6.07, 6.45) is 0. The molecule has 0 aliphatic carbocycles. The number of rotatable bonds is 6. The predicted octanol–water partition coefficient (Wildman–Crippen LogP) is 2.74. The summed E-state index contributed by atoms with van der Waals surface area (Å²) in [5, 5.41) is 10.9. The van der Waals surface area contributed by atoms with Crippen molar-refractivity contribution in [2.24, 2.45) is 0 Å². The van der Waals surface area contributed by atoms with Gasteiger partial charge in [0.15, 0.2) is 0 Å². The second-order valence-electron chi connectivity index (χ2n) is 4.08. The minimum Gasteiger partial charge on any atom is -0.398 e. The highest BCUT2D eigenvalue weighted by Crippen LogP contribution is 2.26. The van der Waals surface area contributed by atoms with Crippen LogP contribution in [0.25, 0.3) is 0 Å². The van der Waals surface area contributed by atoms with Crippen molar-refractivity contribution in [1.29, 1.82) is 5.26 Å². The quantitative estimate of drug-likeness (QED) is 0.623. The van der Waals surface area contributed by atoms with E-state index in [9.17, 15) is 8.42 Å². The Labute approximate surface area is 131 Å². The van der Waals surface area contributed by atoms with E-state index in [1.807, 2.05) is 24.3 Å². The van der Waals surface area contributed by atoms with Gasteiger partial charge in [0.1, 0.15) is 11.1 Å². The van der Waals surface area contributed by atoms with Crippen LogP contribution < -0.4 is 10.5 Å². The fourth-order valence-electron chi connectivity index (χ4n) is 1.54. The zero-order valence-electron chi connectivity index (χ0n) is 10.9. The molecule has 21 heavy (non-hydrogen) atoms. The van der Waals surface area contributed by atoms with E-state index in [0.717, 1.165) is 4.90 Å². The van der Waals surface area contributed by atoms with Crippen molar-refractivity contribution in [3.63, 3.8) is 0 Å². The van der Waals surface area contributed by atoms with Crippen LogP contribution in [0.5, 0.6) is 0 Å². The van der Waals surface area contributed by atoms with Gasteiger partial charge in [0.05, 0.1) is 11.3 Å². The largest absolute Gasteiger partial charge is 0.398 e. The lowest BCUT2D eigenvalue weighted by molar-refractivity contribution is 0.603. The molecule has 1 heterocycles. The molecule has 3 N–H and O–H groups in total. The minimum absolute atomic E-state index is 0.0469. The van der Waals surface area contributed by atoms with Crippen molar-refractivity contribution in [2.45, 2.75) is 4.90 Å². The average Bonchev–Trinajstić information content (AvgIpc) is 2.87. The summed E-state index contributed by atoms with van der Waals surface area (Å²) in [5.74, 6) is 0.339. The Hall–Kier alpha value is -1.69. The van der Waals surface area contributed by atoms with E-state index < -0.39 is 10.0 Å². The van der Waals surface area contributed by atoms with E-state index in [-0.39, 0.29) is 5.75 Å². The van der Waals surface area contributed by atoms with Gasteiger partial charge >= 0.3 is 0 Å². The van der Waals surface area contributed by atoms with Gasteiger partial charge in [0, 0.05) is 16.3 Å². The molecule has 2 aromatic rings. The standard InChI is InChI=1S/C13H13N3O2S3/c14-9-10-5-6-20-13(10)16-21(17,18)8-7-19-12-4-2-1-3-11(12)15/h1-6,16H,7-8,15H2. The summed E-state index contributed by atoms with van der Waals surface area (Å²) in [4.78, 5) is 0.863. The highest BCUT2D eigenvalue weighted by molar-refractivity contribution is 8.01. The van der Waals surface area contributed by atoms with Crippen molar-refractivity contribution in [3.8, 4) is 6.07 Å². The molecule has 2 rings (SSSR count). The van der Waals surface area contributed by atoms with Crippen molar-refractivity contribution < 1.29 is 8.42 Å². The van der Waals surface area contributed by atoms with Crippen LogP contribution in [0.1, 0.15) is 5.56 Å². The summed E-state index contributed by atoms with van der Waals surface area (Å²) in [6, 6.07) is 10.9. The summed E-state index contributed by atoms with van der Waals surface area (Å²) in [6.45, 7) is 0. The van der Waals surface area contributed by atoms with Gasteiger partial charge in [-0.15, -0.1) is 23.1 Å². The molecule has 1 aromatic heterocycles. The van der Waals surface area contributed by atoms with Crippen LogP contribution in [0.2, 0.25) is 0 Å². The summed E-state index contributed by atoms with van der Waals surface area (Å²) >= 11 is 2.58. The number of nitrogens with zero attached hydrogens (tertiary/aromatic N) is 1. The first-order chi connectivity index (χ1) is 10.0. The molecule has 0 fully saturated rings. The van der Waals surface area contributed by atoms with E-state index in [1.54, 1.807) is 17.5 Å². The van der Waals surface area contributed by atoms with E-state index in [4.69, 9.17) is 11.0 Å². The SMILES string of the molecule is N#Cc1ccsc1NS(=O)(=O)CCSc1ccccc1N. The summed E-state index contributed by atoms with van der Waals surface area (Å²) in [7, 11) is -3.47. The monoisotopic (exact) mass is 339 g/mol. The predicted molar refractivity (Wildman–Crippen MR) is 88.0 cm³/mol. The fourth-order valence-corrected chi connectivity index (χ4v) is 5.03. The normalized spacial score (nSPS) is 11.0. The Kier molecular flexibility index (Phi) is 5.12. The van der Waals surface area contributed by atoms with Gasteiger partial charge < -0.3 is 5.73 Å². The van der Waals surface area contributed by atoms with Crippen LogP contribution in [-0.2, 0) is 10.0 Å². The molecule has 1 aromatic carbocycles. The van der Waals surface area contributed by atoms with E-state index in [1.165, 1.54) is 23.1 Å². The number of nitrogen functional groups attached to an aromatic ring is 1. The average molecular weight is 339 g/mol. The zero-order chi connectivity index (χ0) is 15.3. The second-order valence-corrected chi connectivity index (χ2v) is 7.98. The van der Waals surface area contributed by atoms with Crippen molar-refractivity contribution in [3.05, 3.63) is 41.3 Å². The number of nitriles is 1. The molecule has 8 heteroatoms. The lowest BCUT2D eigenvalue weighted by atomic mass is 10.3. The molecule has 0 aliphatic rings. The number of thioether (sulfide) groups is 1. The third-order valence-corrected chi connectivity index (χ3v) is 6.13. The highest BCUT2D eigenvalue weighted by atomic mass is 32.2. The number of nitrogens with two attached hydrogens (primary N) is 1. The van der Waals surface area contributed by atoms with Crippen LogP contribution in [0, 0.1) is 11.3 Å². The maximum atomic E-state index is 12.0. The van der Waals surface area contributed by atoms with Gasteiger partial charge in [-0.3, -0.25) is 4.72 Å². The second kappa shape index (κ2) is 6.85. The molecule has 0 spiro atoms. The van der Waals surface area contributed by atoms with Gasteiger partial charge in [0.25, 0.3) is 0 Å². The van der Waals surface area contributed by atoms with Crippen LogP contribution in [-0.4, -0.2) is 19.9 Å². The van der Waals surface area contributed by atoms with Gasteiger partial charge in [-0.2, -0.15) is 5.26 Å². The number of hydrogen-bond donors (Lipinski definition) is 2. The molecule has 0 atom stereocenters. The molecule has 0 amide bonds. The topological polar surface area (TPSA) is 96.0 Å². The Morgan fingerprint density at radius 2 is 2.10 bits per heavy atom. The molecule has 0 saturated heterocycles. The van der Waals surface area contributed by atoms with Crippen LogP contribution >= 0.6 is 23.1 Å². The number of sulfonamides is 1. The van der Waals surface area contributed by atoms with Crippen LogP contribution in [0.3, 0.4) is 0 Å². The van der Waals surface area contributed by atoms with Gasteiger partial charge in [-0.25, -0.2) is 8.42 Å². The first kappa shape index (κ1) is 15.7. The lowest BCUT2D eigenvalue weighted by Crippen LogP contribution is -2.18. The van der Waals surface area contributed by atoms with Gasteiger partial charge in [-0.05, 0) is 23.6 Å².